The van der Waals surface area contributed by atoms with Crippen LogP contribution in [-0.2, 0) is 16.8 Å². The lowest BCUT2D eigenvalue weighted by atomic mass is 9.86. The Bertz CT molecular complexity index is 875. The van der Waals surface area contributed by atoms with E-state index in [-0.39, 0.29) is 49.7 Å². The lowest BCUT2D eigenvalue weighted by Gasteiger charge is -2.35. The van der Waals surface area contributed by atoms with Gasteiger partial charge in [0.2, 0.25) is 11.8 Å². The van der Waals surface area contributed by atoms with Gasteiger partial charge in [-0.25, -0.2) is 13.4 Å². The van der Waals surface area contributed by atoms with Gasteiger partial charge in [0.15, 0.2) is 5.82 Å². The second-order valence-corrected chi connectivity index (χ2v) is 7.99. The highest BCUT2D eigenvalue weighted by atomic mass is 19.3. The molecule has 1 aliphatic heterocycles. The molecule has 1 atom stereocenters. The number of aromatic nitrogens is 4. The molecule has 29 heavy (non-hydrogen) atoms. The first kappa shape index (κ1) is 19.9. The molecule has 9 nitrogen and oxygen atoms in total. The molecule has 1 aliphatic carbocycles. The van der Waals surface area contributed by atoms with E-state index in [1.165, 1.54) is 0 Å². The molecule has 0 radical (unpaired) electrons. The Labute approximate surface area is 165 Å². The number of halogens is 2. The molecule has 11 heteroatoms. The highest BCUT2D eigenvalue weighted by Crippen LogP contribution is 2.41. The topological polar surface area (TPSA) is 118 Å². The fourth-order valence-electron chi connectivity index (χ4n) is 3.99. The maximum absolute atomic E-state index is 13.7. The highest BCUT2D eigenvalue weighted by molar-refractivity contribution is 5.78. The van der Waals surface area contributed by atoms with Gasteiger partial charge in [-0.05, 0) is 19.8 Å². The van der Waals surface area contributed by atoms with Crippen molar-refractivity contribution in [1.82, 2.24) is 25.4 Å². The molecule has 0 bridgehead atoms. The van der Waals surface area contributed by atoms with E-state index in [1.54, 1.807) is 11.8 Å². The number of hydrogen-bond acceptors (Lipinski definition) is 8. The van der Waals surface area contributed by atoms with E-state index in [0.29, 0.717) is 37.3 Å². The fraction of sp³-hybridized carbons (Fsp3) is 0.722. The normalized spacial score (nSPS) is 23.9. The Balaban J connectivity index is 1.38. The number of nitrogens with zero attached hydrogens (tertiary/aromatic N) is 5. The van der Waals surface area contributed by atoms with E-state index in [0.717, 1.165) is 0 Å². The number of alkyl halides is 2. The third kappa shape index (κ3) is 4.14. The van der Waals surface area contributed by atoms with Crippen molar-refractivity contribution < 1.29 is 27.8 Å². The first-order valence-corrected chi connectivity index (χ1v) is 9.76. The van der Waals surface area contributed by atoms with Crippen molar-refractivity contribution >= 4 is 5.91 Å². The van der Waals surface area contributed by atoms with Crippen LogP contribution in [0.1, 0.15) is 67.5 Å². The Morgan fingerprint density at radius 3 is 2.66 bits per heavy atom. The van der Waals surface area contributed by atoms with E-state index in [2.05, 4.69) is 25.1 Å². The average Bonchev–Trinajstić information content (AvgIpc) is 3.32. The van der Waals surface area contributed by atoms with Crippen LogP contribution >= 0.6 is 0 Å². The van der Waals surface area contributed by atoms with Gasteiger partial charge >= 0.3 is 0 Å². The molecule has 0 spiro atoms. The van der Waals surface area contributed by atoms with E-state index < -0.39 is 17.4 Å². The maximum Gasteiger partial charge on any atom is 0.258 e. The number of rotatable bonds is 4. The number of carbonyl (C=O) groups is 1. The summed E-state index contributed by atoms with van der Waals surface area (Å²) >= 11 is 0. The van der Waals surface area contributed by atoms with E-state index >= 15 is 0 Å². The summed E-state index contributed by atoms with van der Waals surface area (Å²) < 4.78 is 37.2. The van der Waals surface area contributed by atoms with Crippen LogP contribution in [0.2, 0.25) is 0 Å². The number of hydrogen-bond donors (Lipinski definition) is 1. The van der Waals surface area contributed by atoms with Gasteiger partial charge in [-0.3, -0.25) is 4.79 Å². The Morgan fingerprint density at radius 2 is 2.00 bits per heavy atom. The molecule has 158 valence electrons. The molecule has 1 amide bonds. The summed E-state index contributed by atoms with van der Waals surface area (Å²) in [4.78, 5) is 18.3. The molecular weight excluding hydrogens is 388 g/mol. The van der Waals surface area contributed by atoms with Crippen molar-refractivity contribution in [3.63, 3.8) is 0 Å². The molecule has 2 aromatic heterocycles. The van der Waals surface area contributed by atoms with Crippen LogP contribution in [0.4, 0.5) is 8.78 Å². The zero-order valence-corrected chi connectivity index (χ0v) is 16.1. The minimum absolute atomic E-state index is 0.0324. The largest absolute Gasteiger partial charge is 0.380 e. The van der Waals surface area contributed by atoms with Gasteiger partial charge in [-0.15, -0.1) is 0 Å². The number of amides is 1. The quantitative estimate of drug-likeness (QED) is 0.813. The molecule has 3 heterocycles. The number of carbonyl (C=O) groups excluding carboxylic acids is 1. The molecule has 2 aliphatic rings. The van der Waals surface area contributed by atoms with Crippen LogP contribution in [0.5, 0.6) is 0 Å². The van der Waals surface area contributed by atoms with Crippen LogP contribution in [0.25, 0.3) is 0 Å². The molecule has 4 rings (SSSR count). The minimum atomic E-state index is -2.72. The molecule has 2 fully saturated rings. The van der Waals surface area contributed by atoms with Crippen LogP contribution in [0.15, 0.2) is 9.15 Å². The van der Waals surface area contributed by atoms with Crippen molar-refractivity contribution in [3.8, 4) is 0 Å². The average molecular weight is 411 g/mol. The predicted octanol–water partition coefficient (Wildman–Crippen LogP) is 2.11. The number of aryl methyl sites for hydroxylation is 1. The lowest BCUT2D eigenvalue weighted by molar-refractivity contribution is -0.136. The van der Waals surface area contributed by atoms with Gasteiger partial charge in [0.25, 0.3) is 5.89 Å². The van der Waals surface area contributed by atoms with E-state index in [1.807, 2.05) is 0 Å². The van der Waals surface area contributed by atoms with Gasteiger partial charge < -0.3 is 14.5 Å². The van der Waals surface area contributed by atoms with Gasteiger partial charge in [0.1, 0.15) is 17.0 Å². The number of piperidine rings is 1. The standard InChI is InChI=1S/C18H23F2N5O4/c1-11-13(23-29-22-11)9-14(26)25-7-5-17(27,6-8-25)16-21-15(24-28-16)12-3-2-4-18(19,20)10-12/h12,27H,2-10H2,1H3. The van der Waals surface area contributed by atoms with Gasteiger partial charge in [-0.2, -0.15) is 4.98 Å². The van der Waals surface area contributed by atoms with Crippen LogP contribution < -0.4 is 0 Å². The van der Waals surface area contributed by atoms with E-state index in [9.17, 15) is 18.7 Å². The van der Waals surface area contributed by atoms with Gasteiger partial charge in [-0.1, -0.05) is 15.5 Å². The third-order valence-corrected chi connectivity index (χ3v) is 5.85. The Morgan fingerprint density at radius 1 is 1.24 bits per heavy atom. The fourth-order valence-corrected chi connectivity index (χ4v) is 3.99. The summed E-state index contributed by atoms with van der Waals surface area (Å²) in [6.07, 6.45) is 1.08. The monoisotopic (exact) mass is 411 g/mol. The SMILES string of the molecule is Cc1nonc1CC(=O)N1CCC(O)(c2nc(C3CCCC(F)(F)C3)no2)CC1. The summed E-state index contributed by atoms with van der Waals surface area (Å²) in [6.45, 7) is 2.32. The maximum atomic E-state index is 13.7. The summed E-state index contributed by atoms with van der Waals surface area (Å²) in [5, 5.41) is 22.2. The molecule has 0 aromatic carbocycles. The highest BCUT2D eigenvalue weighted by Gasteiger charge is 2.43. The summed E-state index contributed by atoms with van der Waals surface area (Å²) in [5.41, 5.74) is -0.315. The molecule has 2 aromatic rings. The predicted molar refractivity (Wildman–Crippen MR) is 92.9 cm³/mol. The van der Waals surface area contributed by atoms with Gasteiger partial charge in [0, 0.05) is 44.7 Å². The number of aliphatic hydroxyl groups is 1. The first-order chi connectivity index (χ1) is 13.8. The second-order valence-electron chi connectivity index (χ2n) is 7.99. The second kappa shape index (κ2) is 7.43. The third-order valence-electron chi connectivity index (χ3n) is 5.85. The summed E-state index contributed by atoms with van der Waals surface area (Å²) in [7, 11) is 0. The van der Waals surface area contributed by atoms with Gasteiger partial charge in [0.05, 0.1) is 6.42 Å². The molecular formula is C18H23F2N5O4. The molecule has 1 unspecified atom stereocenters. The van der Waals surface area contributed by atoms with Crippen molar-refractivity contribution in [3.05, 3.63) is 23.1 Å². The van der Waals surface area contributed by atoms with Crippen molar-refractivity contribution in [1.29, 1.82) is 0 Å². The summed E-state index contributed by atoms with van der Waals surface area (Å²) in [6, 6.07) is 0. The number of likely N-dealkylation sites (tertiary alicyclic amines) is 1. The zero-order valence-electron chi connectivity index (χ0n) is 16.1. The Kier molecular flexibility index (Phi) is 5.09. The van der Waals surface area contributed by atoms with Crippen molar-refractivity contribution in [2.45, 2.75) is 69.3 Å². The lowest BCUT2D eigenvalue weighted by Crippen LogP contribution is -2.46. The smallest absolute Gasteiger partial charge is 0.258 e. The van der Waals surface area contributed by atoms with Crippen molar-refractivity contribution in [2.24, 2.45) is 0 Å². The van der Waals surface area contributed by atoms with Crippen LogP contribution in [0.3, 0.4) is 0 Å². The minimum Gasteiger partial charge on any atom is -0.380 e. The van der Waals surface area contributed by atoms with Crippen molar-refractivity contribution in [2.75, 3.05) is 13.1 Å². The molecule has 1 saturated carbocycles. The van der Waals surface area contributed by atoms with Crippen LogP contribution in [0, 0.1) is 6.92 Å². The Hall–Kier alpha value is -2.43. The molecule has 1 N–H and O–H groups in total. The zero-order chi connectivity index (χ0) is 20.6. The molecule has 1 saturated heterocycles. The van der Waals surface area contributed by atoms with Crippen LogP contribution in [-0.4, -0.2) is 55.4 Å². The first-order valence-electron chi connectivity index (χ1n) is 9.76. The van der Waals surface area contributed by atoms with E-state index in [4.69, 9.17) is 4.52 Å². The summed E-state index contributed by atoms with van der Waals surface area (Å²) in [5.74, 6) is -3.07.